The standard InChI is InChI=1S/C28H27N5O2/c1-3-32(4-2)28(35)21-10-8-12-24(18-21)30-26(34)16-15-23-20-33(25-13-6-5-7-14-25)31-27(23)22-11-9-17-29-19-22/h5-20H,3-4H2,1-2H3,(H,30,34)/b16-15+. The van der Waals surface area contributed by atoms with Crippen LogP contribution in [-0.4, -0.2) is 44.6 Å². The van der Waals surface area contributed by atoms with Crippen molar-refractivity contribution in [2.75, 3.05) is 18.4 Å². The molecule has 1 N–H and O–H groups in total. The number of anilines is 1. The van der Waals surface area contributed by atoms with Gasteiger partial charge in [-0.1, -0.05) is 24.3 Å². The normalized spacial score (nSPS) is 10.9. The molecule has 2 amide bonds. The SMILES string of the molecule is CCN(CC)C(=O)c1cccc(NC(=O)/C=C/c2cn(-c3ccccc3)nc2-c2cccnc2)c1. The number of nitrogens with one attached hydrogen (secondary N) is 1. The molecule has 0 aliphatic heterocycles. The summed E-state index contributed by atoms with van der Waals surface area (Å²) in [5.41, 5.74) is 4.37. The molecular formula is C28H27N5O2. The lowest BCUT2D eigenvalue weighted by atomic mass is 10.1. The van der Waals surface area contributed by atoms with Crippen molar-refractivity contribution in [1.29, 1.82) is 0 Å². The summed E-state index contributed by atoms with van der Waals surface area (Å²) in [6.45, 7) is 5.14. The molecule has 0 unspecified atom stereocenters. The topological polar surface area (TPSA) is 80.1 Å². The van der Waals surface area contributed by atoms with Crippen LogP contribution >= 0.6 is 0 Å². The van der Waals surface area contributed by atoms with E-state index >= 15 is 0 Å². The smallest absolute Gasteiger partial charge is 0.253 e. The zero-order valence-electron chi connectivity index (χ0n) is 19.8. The molecule has 35 heavy (non-hydrogen) atoms. The molecular weight excluding hydrogens is 438 g/mol. The minimum Gasteiger partial charge on any atom is -0.339 e. The minimum absolute atomic E-state index is 0.0592. The van der Waals surface area contributed by atoms with Crippen LogP contribution in [0.15, 0.2) is 91.4 Å². The first-order chi connectivity index (χ1) is 17.1. The lowest BCUT2D eigenvalue weighted by molar-refractivity contribution is -0.111. The van der Waals surface area contributed by atoms with Crippen LogP contribution in [0.25, 0.3) is 23.0 Å². The van der Waals surface area contributed by atoms with Crippen LogP contribution in [0, 0.1) is 0 Å². The van der Waals surface area contributed by atoms with Crippen LogP contribution in [0.4, 0.5) is 5.69 Å². The number of carbonyl (C=O) groups is 2. The summed E-state index contributed by atoms with van der Waals surface area (Å²) in [6, 6.07) is 20.5. The van der Waals surface area contributed by atoms with Crippen LogP contribution in [-0.2, 0) is 4.79 Å². The van der Waals surface area contributed by atoms with E-state index in [9.17, 15) is 9.59 Å². The van der Waals surface area contributed by atoms with Crippen LogP contribution in [0.5, 0.6) is 0 Å². The minimum atomic E-state index is -0.304. The van der Waals surface area contributed by atoms with Gasteiger partial charge >= 0.3 is 0 Å². The third-order valence-electron chi connectivity index (χ3n) is 5.54. The molecule has 4 rings (SSSR count). The monoisotopic (exact) mass is 465 g/mol. The maximum absolute atomic E-state index is 12.7. The van der Waals surface area contributed by atoms with Crippen LogP contribution in [0.3, 0.4) is 0 Å². The first-order valence-electron chi connectivity index (χ1n) is 11.5. The Bertz CT molecular complexity index is 1330. The lowest BCUT2D eigenvalue weighted by Gasteiger charge is -2.18. The number of para-hydroxylation sites is 1. The molecule has 0 fully saturated rings. The molecule has 0 atom stereocenters. The second-order valence-electron chi connectivity index (χ2n) is 7.84. The Balaban J connectivity index is 1.56. The fraction of sp³-hybridized carbons (Fsp3) is 0.143. The first kappa shape index (κ1) is 23.6. The van der Waals surface area contributed by atoms with Crippen molar-refractivity contribution in [1.82, 2.24) is 19.7 Å². The lowest BCUT2D eigenvalue weighted by Crippen LogP contribution is -2.30. The third-order valence-corrected chi connectivity index (χ3v) is 5.54. The van der Waals surface area contributed by atoms with E-state index in [1.54, 1.807) is 52.3 Å². The van der Waals surface area contributed by atoms with E-state index in [-0.39, 0.29) is 11.8 Å². The zero-order chi connectivity index (χ0) is 24.6. The molecule has 2 aromatic carbocycles. The summed E-state index contributed by atoms with van der Waals surface area (Å²) in [5, 5.41) is 7.57. The Hall–Kier alpha value is -4.52. The Morgan fingerprint density at radius 1 is 1.00 bits per heavy atom. The summed E-state index contributed by atoms with van der Waals surface area (Å²) in [5.74, 6) is -0.363. The number of rotatable bonds is 8. The van der Waals surface area contributed by atoms with Gasteiger partial charge in [0, 0.05) is 60.1 Å². The van der Waals surface area contributed by atoms with Gasteiger partial charge in [-0.3, -0.25) is 14.6 Å². The molecule has 7 nitrogen and oxygen atoms in total. The van der Waals surface area contributed by atoms with Crippen molar-refractivity contribution >= 4 is 23.6 Å². The Labute approximate surface area is 204 Å². The zero-order valence-corrected chi connectivity index (χ0v) is 19.8. The molecule has 4 aromatic rings. The number of amides is 2. The Kier molecular flexibility index (Phi) is 7.47. The number of aromatic nitrogens is 3. The van der Waals surface area contributed by atoms with Crippen LogP contribution < -0.4 is 5.32 Å². The van der Waals surface area contributed by atoms with E-state index in [1.807, 2.05) is 62.5 Å². The highest BCUT2D eigenvalue weighted by molar-refractivity contribution is 6.03. The Morgan fingerprint density at radius 2 is 1.80 bits per heavy atom. The van der Waals surface area contributed by atoms with Gasteiger partial charge in [0.1, 0.15) is 5.69 Å². The van der Waals surface area contributed by atoms with Gasteiger partial charge in [-0.25, -0.2) is 4.68 Å². The molecule has 0 radical (unpaired) electrons. The largest absolute Gasteiger partial charge is 0.339 e. The number of pyridine rings is 1. The maximum atomic E-state index is 12.7. The molecule has 176 valence electrons. The van der Waals surface area contributed by atoms with Crippen molar-refractivity contribution in [3.05, 3.63) is 103 Å². The fourth-order valence-corrected chi connectivity index (χ4v) is 3.72. The molecule has 2 heterocycles. The average molecular weight is 466 g/mol. The van der Waals surface area contributed by atoms with Gasteiger partial charge in [-0.2, -0.15) is 5.10 Å². The fourth-order valence-electron chi connectivity index (χ4n) is 3.72. The molecule has 0 aliphatic rings. The quantitative estimate of drug-likeness (QED) is 0.369. The first-order valence-corrected chi connectivity index (χ1v) is 11.5. The highest BCUT2D eigenvalue weighted by atomic mass is 16.2. The van der Waals surface area contributed by atoms with Crippen molar-refractivity contribution in [3.63, 3.8) is 0 Å². The molecule has 7 heteroatoms. The molecule has 0 saturated heterocycles. The van der Waals surface area contributed by atoms with Gasteiger partial charge in [0.2, 0.25) is 5.91 Å². The van der Waals surface area contributed by atoms with Crippen molar-refractivity contribution in [2.24, 2.45) is 0 Å². The summed E-state index contributed by atoms with van der Waals surface area (Å²) in [6.07, 6.45) is 8.53. The summed E-state index contributed by atoms with van der Waals surface area (Å²) < 4.78 is 1.78. The average Bonchev–Trinajstić information content (AvgIpc) is 3.34. The third kappa shape index (κ3) is 5.70. The van der Waals surface area contributed by atoms with Gasteiger partial charge in [0.05, 0.1) is 5.69 Å². The highest BCUT2D eigenvalue weighted by Gasteiger charge is 2.14. The van der Waals surface area contributed by atoms with Gasteiger partial charge in [0.15, 0.2) is 0 Å². The maximum Gasteiger partial charge on any atom is 0.253 e. The second-order valence-corrected chi connectivity index (χ2v) is 7.84. The van der Waals surface area contributed by atoms with Crippen LogP contribution in [0.2, 0.25) is 0 Å². The van der Waals surface area contributed by atoms with Crippen LogP contribution in [0.1, 0.15) is 29.8 Å². The van der Waals surface area contributed by atoms with E-state index in [0.717, 1.165) is 22.5 Å². The van der Waals surface area contributed by atoms with Gasteiger partial charge in [0.25, 0.3) is 5.91 Å². The molecule has 0 aliphatic carbocycles. The van der Waals surface area contributed by atoms with Crippen molar-refractivity contribution < 1.29 is 9.59 Å². The van der Waals surface area contributed by atoms with Crippen molar-refractivity contribution in [2.45, 2.75) is 13.8 Å². The number of nitrogens with zero attached hydrogens (tertiary/aromatic N) is 4. The van der Waals surface area contributed by atoms with E-state index < -0.39 is 0 Å². The molecule has 0 bridgehead atoms. The summed E-state index contributed by atoms with van der Waals surface area (Å²) in [4.78, 5) is 31.3. The molecule has 2 aromatic heterocycles. The predicted octanol–water partition coefficient (Wildman–Crippen LogP) is 5.07. The molecule has 0 spiro atoms. The van der Waals surface area contributed by atoms with Gasteiger partial charge < -0.3 is 10.2 Å². The van der Waals surface area contributed by atoms with Crippen molar-refractivity contribution in [3.8, 4) is 16.9 Å². The number of carbonyl (C=O) groups excluding carboxylic acids is 2. The molecule has 0 saturated carbocycles. The Morgan fingerprint density at radius 3 is 2.51 bits per heavy atom. The highest BCUT2D eigenvalue weighted by Crippen LogP contribution is 2.24. The number of benzene rings is 2. The van der Waals surface area contributed by atoms with E-state index in [0.29, 0.717) is 24.3 Å². The van der Waals surface area contributed by atoms with Gasteiger partial charge in [-0.05, 0) is 62.4 Å². The van der Waals surface area contributed by atoms with E-state index in [1.165, 1.54) is 6.08 Å². The number of hydrogen-bond acceptors (Lipinski definition) is 4. The summed E-state index contributed by atoms with van der Waals surface area (Å²) >= 11 is 0. The van der Waals surface area contributed by atoms with Gasteiger partial charge in [-0.15, -0.1) is 0 Å². The van der Waals surface area contributed by atoms with E-state index in [2.05, 4.69) is 10.3 Å². The summed E-state index contributed by atoms with van der Waals surface area (Å²) in [7, 11) is 0. The number of hydrogen-bond donors (Lipinski definition) is 1. The van der Waals surface area contributed by atoms with E-state index in [4.69, 9.17) is 5.10 Å². The predicted molar refractivity (Wildman–Crippen MR) is 138 cm³/mol. The second kappa shape index (κ2) is 11.1.